The van der Waals surface area contributed by atoms with Crippen LogP contribution < -0.4 is 5.32 Å². The van der Waals surface area contributed by atoms with E-state index >= 15 is 0 Å². The fourth-order valence-corrected chi connectivity index (χ4v) is 4.59. The third kappa shape index (κ3) is 3.97. The Kier molecular flexibility index (Phi) is 5.44. The van der Waals surface area contributed by atoms with Crippen LogP contribution in [0.15, 0.2) is 59.5 Å². The molecule has 1 fully saturated rings. The van der Waals surface area contributed by atoms with Gasteiger partial charge in [-0.05, 0) is 42.2 Å². The lowest BCUT2D eigenvalue weighted by Gasteiger charge is -2.17. The first-order valence-corrected chi connectivity index (χ1v) is 10.3. The van der Waals surface area contributed by atoms with E-state index in [-0.39, 0.29) is 22.6 Å². The molecule has 0 aliphatic carbocycles. The van der Waals surface area contributed by atoms with Crippen molar-refractivity contribution < 1.29 is 13.2 Å². The molecule has 1 saturated heterocycles. The van der Waals surface area contributed by atoms with Gasteiger partial charge in [-0.1, -0.05) is 44.2 Å². The van der Waals surface area contributed by atoms with Crippen LogP contribution in [0.5, 0.6) is 0 Å². The van der Waals surface area contributed by atoms with E-state index < -0.39 is 10.0 Å². The van der Waals surface area contributed by atoms with Gasteiger partial charge in [0.25, 0.3) is 0 Å². The van der Waals surface area contributed by atoms with Crippen molar-refractivity contribution in [3.63, 3.8) is 0 Å². The lowest BCUT2D eigenvalue weighted by Crippen LogP contribution is -2.28. The van der Waals surface area contributed by atoms with Crippen LogP contribution in [0, 0.1) is 5.92 Å². The number of rotatable bonds is 5. The Bertz CT molecular complexity index is 862. The zero-order valence-electron chi connectivity index (χ0n) is 15.1. The Morgan fingerprint density at radius 1 is 1.08 bits per heavy atom. The van der Waals surface area contributed by atoms with Gasteiger partial charge in [0.1, 0.15) is 0 Å². The smallest absolute Gasteiger partial charge is 0.243 e. The second kappa shape index (κ2) is 7.60. The van der Waals surface area contributed by atoms with E-state index in [1.807, 2.05) is 44.2 Å². The van der Waals surface area contributed by atoms with Crippen LogP contribution in [0.3, 0.4) is 0 Å². The van der Waals surface area contributed by atoms with E-state index in [9.17, 15) is 13.2 Å². The van der Waals surface area contributed by atoms with Crippen molar-refractivity contribution >= 4 is 21.6 Å². The maximum atomic E-state index is 12.9. The predicted molar refractivity (Wildman–Crippen MR) is 102 cm³/mol. The first-order valence-electron chi connectivity index (χ1n) is 8.84. The van der Waals surface area contributed by atoms with E-state index in [2.05, 4.69) is 5.32 Å². The maximum Gasteiger partial charge on any atom is 0.243 e. The summed E-state index contributed by atoms with van der Waals surface area (Å²) in [4.78, 5) is 12.0. The molecule has 5 nitrogen and oxygen atoms in total. The number of benzene rings is 2. The maximum absolute atomic E-state index is 12.9. The first kappa shape index (κ1) is 18.6. The minimum atomic E-state index is -3.52. The molecule has 0 spiro atoms. The lowest BCUT2D eigenvalue weighted by atomic mass is 9.99. The summed E-state index contributed by atoms with van der Waals surface area (Å²) in [5.74, 6) is 0.0133. The molecule has 26 heavy (non-hydrogen) atoms. The van der Waals surface area contributed by atoms with Gasteiger partial charge in [0.15, 0.2) is 0 Å². The van der Waals surface area contributed by atoms with Gasteiger partial charge in [0.05, 0.1) is 4.90 Å². The molecule has 0 bridgehead atoms. The van der Waals surface area contributed by atoms with Gasteiger partial charge in [-0.2, -0.15) is 4.31 Å². The molecule has 2 aromatic carbocycles. The molecule has 1 atom stereocenters. The molecule has 1 amide bonds. The van der Waals surface area contributed by atoms with Gasteiger partial charge >= 0.3 is 0 Å². The zero-order chi connectivity index (χ0) is 18.7. The fourth-order valence-electron chi connectivity index (χ4n) is 3.09. The van der Waals surface area contributed by atoms with Crippen LogP contribution >= 0.6 is 0 Å². The largest absolute Gasteiger partial charge is 0.326 e. The standard InChI is InChI=1S/C20H24N2O3S/c1-15(2)20(23)21-18-8-10-19(11-9-18)26(24,25)22-13-12-17(14-22)16-6-4-3-5-7-16/h3-11,15,17H,12-14H2,1-2H3,(H,21,23). The highest BCUT2D eigenvalue weighted by atomic mass is 32.2. The van der Waals surface area contributed by atoms with E-state index in [1.54, 1.807) is 28.6 Å². The highest BCUT2D eigenvalue weighted by molar-refractivity contribution is 7.89. The molecule has 1 aliphatic rings. The number of hydrogen-bond donors (Lipinski definition) is 1. The molecule has 0 radical (unpaired) electrons. The molecule has 138 valence electrons. The Labute approximate surface area is 155 Å². The number of sulfonamides is 1. The number of anilines is 1. The zero-order valence-corrected chi connectivity index (χ0v) is 15.9. The van der Waals surface area contributed by atoms with Gasteiger partial charge < -0.3 is 5.32 Å². The lowest BCUT2D eigenvalue weighted by molar-refractivity contribution is -0.118. The minimum absolute atomic E-state index is 0.0918. The van der Waals surface area contributed by atoms with Crippen LogP contribution in [-0.2, 0) is 14.8 Å². The summed E-state index contributed by atoms with van der Waals surface area (Å²) in [6.07, 6.45) is 0.825. The van der Waals surface area contributed by atoms with Crippen LogP contribution in [-0.4, -0.2) is 31.7 Å². The van der Waals surface area contributed by atoms with E-state index in [0.29, 0.717) is 18.8 Å². The summed E-state index contributed by atoms with van der Waals surface area (Å²) in [6, 6.07) is 16.4. The van der Waals surface area contributed by atoms with Gasteiger partial charge in [-0.15, -0.1) is 0 Å². The van der Waals surface area contributed by atoms with Crippen molar-refractivity contribution in [2.24, 2.45) is 5.92 Å². The topological polar surface area (TPSA) is 66.5 Å². The number of carbonyl (C=O) groups excluding carboxylic acids is 1. The van der Waals surface area contributed by atoms with E-state index in [0.717, 1.165) is 6.42 Å². The molecule has 0 saturated carbocycles. The molecule has 1 N–H and O–H groups in total. The van der Waals surface area contributed by atoms with E-state index in [1.165, 1.54) is 5.56 Å². The number of carbonyl (C=O) groups is 1. The number of nitrogens with zero attached hydrogens (tertiary/aromatic N) is 1. The van der Waals surface area contributed by atoms with Crippen LogP contribution in [0.4, 0.5) is 5.69 Å². The van der Waals surface area contributed by atoms with Crippen molar-refractivity contribution in [3.8, 4) is 0 Å². The van der Waals surface area contributed by atoms with Crippen LogP contribution in [0.25, 0.3) is 0 Å². The third-order valence-corrected chi connectivity index (χ3v) is 6.59. The summed E-state index contributed by atoms with van der Waals surface area (Å²) in [7, 11) is -3.52. The number of amides is 1. The SMILES string of the molecule is CC(C)C(=O)Nc1ccc(S(=O)(=O)N2CCC(c3ccccc3)C2)cc1. The highest BCUT2D eigenvalue weighted by Gasteiger charge is 2.33. The van der Waals surface area contributed by atoms with Crippen molar-refractivity contribution in [2.45, 2.75) is 31.1 Å². The average Bonchev–Trinajstić information content (AvgIpc) is 3.14. The predicted octanol–water partition coefficient (Wildman–Crippen LogP) is 3.46. The van der Waals surface area contributed by atoms with Gasteiger partial charge in [-0.3, -0.25) is 4.79 Å². The Morgan fingerprint density at radius 2 is 1.73 bits per heavy atom. The summed E-state index contributed by atoms with van der Waals surface area (Å²) >= 11 is 0. The highest BCUT2D eigenvalue weighted by Crippen LogP contribution is 2.31. The quantitative estimate of drug-likeness (QED) is 0.874. The first-order chi connectivity index (χ1) is 12.4. The molecule has 1 unspecified atom stereocenters. The second-order valence-corrected chi connectivity index (χ2v) is 8.87. The Balaban J connectivity index is 1.71. The molecular formula is C20H24N2O3S. The molecule has 6 heteroatoms. The normalized spacial score (nSPS) is 18.2. The van der Waals surface area contributed by atoms with Gasteiger partial charge in [-0.25, -0.2) is 8.42 Å². The van der Waals surface area contributed by atoms with Crippen LogP contribution in [0.1, 0.15) is 31.7 Å². The van der Waals surface area contributed by atoms with E-state index in [4.69, 9.17) is 0 Å². The third-order valence-electron chi connectivity index (χ3n) is 4.71. The summed E-state index contributed by atoms with van der Waals surface area (Å²) < 4.78 is 27.3. The molecule has 1 heterocycles. The molecule has 3 rings (SSSR count). The molecular weight excluding hydrogens is 348 g/mol. The fraction of sp³-hybridized carbons (Fsp3) is 0.350. The molecule has 1 aliphatic heterocycles. The molecule has 0 aromatic heterocycles. The summed E-state index contributed by atoms with van der Waals surface area (Å²) in [5.41, 5.74) is 1.78. The number of hydrogen-bond acceptors (Lipinski definition) is 3. The van der Waals surface area contributed by atoms with Crippen molar-refractivity contribution in [1.82, 2.24) is 4.31 Å². The monoisotopic (exact) mass is 372 g/mol. The summed E-state index contributed by atoms with van der Waals surface area (Å²) in [5, 5.41) is 2.77. The van der Waals surface area contributed by atoms with Crippen LogP contribution in [0.2, 0.25) is 0 Å². The second-order valence-electron chi connectivity index (χ2n) is 6.93. The van der Waals surface area contributed by atoms with Gasteiger partial charge in [0, 0.05) is 24.7 Å². The number of nitrogens with one attached hydrogen (secondary N) is 1. The Morgan fingerprint density at radius 3 is 2.35 bits per heavy atom. The van der Waals surface area contributed by atoms with Crippen molar-refractivity contribution in [3.05, 3.63) is 60.2 Å². The summed E-state index contributed by atoms with van der Waals surface area (Å²) in [6.45, 7) is 4.64. The van der Waals surface area contributed by atoms with Crippen molar-refractivity contribution in [1.29, 1.82) is 0 Å². The minimum Gasteiger partial charge on any atom is -0.326 e. The van der Waals surface area contributed by atoms with Gasteiger partial charge in [0.2, 0.25) is 15.9 Å². The average molecular weight is 372 g/mol. The molecule has 2 aromatic rings. The Hall–Kier alpha value is -2.18. The van der Waals surface area contributed by atoms with Crippen molar-refractivity contribution in [2.75, 3.05) is 18.4 Å².